The molecule has 146 valence electrons. The van der Waals surface area contributed by atoms with Crippen molar-refractivity contribution in [2.24, 2.45) is 0 Å². The van der Waals surface area contributed by atoms with Crippen molar-refractivity contribution in [1.29, 1.82) is 0 Å². The zero-order chi connectivity index (χ0) is 20.3. The molecule has 30 heavy (non-hydrogen) atoms. The van der Waals surface area contributed by atoms with Gasteiger partial charge in [-0.3, -0.25) is 0 Å². The quantitative estimate of drug-likeness (QED) is 0.369. The molecule has 0 aliphatic rings. The lowest BCUT2D eigenvalue weighted by Gasteiger charge is -2.03. The molecule has 2 aromatic heterocycles. The third-order valence-corrected chi connectivity index (χ3v) is 5.00. The lowest BCUT2D eigenvalue weighted by atomic mass is 10.0. The molecule has 0 aliphatic carbocycles. The Labute approximate surface area is 174 Å². The van der Waals surface area contributed by atoms with Crippen LogP contribution in [0.4, 0.5) is 0 Å². The molecule has 0 amide bonds. The number of hydrogen-bond donors (Lipinski definition) is 0. The highest BCUT2D eigenvalue weighted by Gasteiger charge is 2.22. The Morgan fingerprint density at radius 3 is 2.07 bits per heavy atom. The number of hydrogen-bond acceptors (Lipinski definition) is 5. The molecule has 0 unspecified atom stereocenters. The van der Waals surface area contributed by atoms with E-state index in [1.54, 1.807) is 0 Å². The van der Waals surface area contributed by atoms with Gasteiger partial charge in [-0.1, -0.05) is 90.1 Å². The molecule has 5 aromatic rings. The predicted octanol–water partition coefficient (Wildman–Crippen LogP) is 5.96. The Morgan fingerprint density at radius 1 is 0.700 bits per heavy atom. The molecule has 0 atom stereocenters. The maximum atomic E-state index is 5.95. The molecule has 0 N–H and O–H groups in total. The van der Waals surface area contributed by atoms with E-state index in [0.29, 0.717) is 29.7 Å². The average Bonchev–Trinajstić information content (AvgIpc) is 3.41. The normalized spacial score (nSPS) is 11.0. The highest BCUT2D eigenvalue weighted by Crippen LogP contribution is 2.35. The van der Waals surface area contributed by atoms with Crippen LogP contribution in [0.5, 0.6) is 0 Å². The zero-order valence-electron chi connectivity index (χ0n) is 16.4. The van der Waals surface area contributed by atoms with Crippen molar-refractivity contribution in [3.63, 3.8) is 0 Å². The van der Waals surface area contributed by atoms with E-state index in [1.807, 2.05) is 67.6 Å². The van der Waals surface area contributed by atoms with E-state index in [-0.39, 0.29) is 0 Å². The molecule has 0 bridgehead atoms. The van der Waals surface area contributed by atoms with Crippen molar-refractivity contribution >= 4 is 0 Å². The van der Waals surface area contributed by atoms with Crippen LogP contribution >= 0.6 is 0 Å². The van der Waals surface area contributed by atoms with Crippen LogP contribution in [0.1, 0.15) is 17.1 Å². The van der Waals surface area contributed by atoms with Crippen molar-refractivity contribution < 1.29 is 8.94 Å². The number of rotatable bonds is 5. The van der Waals surface area contributed by atoms with Gasteiger partial charge in [-0.05, 0) is 23.6 Å². The molecule has 5 heteroatoms. The first-order chi connectivity index (χ1) is 14.8. The average molecular weight is 393 g/mol. The number of nitrogens with zero attached hydrogens (tertiary/aromatic N) is 3. The molecular weight excluding hydrogens is 374 g/mol. The largest absolute Gasteiger partial charge is 0.420 e. The van der Waals surface area contributed by atoms with Gasteiger partial charge in [0, 0.05) is 5.56 Å². The Bertz CT molecular complexity index is 1260. The van der Waals surface area contributed by atoms with Gasteiger partial charge < -0.3 is 8.94 Å². The van der Waals surface area contributed by atoms with Gasteiger partial charge in [-0.25, -0.2) is 0 Å². The first-order valence-corrected chi connectivity index (χ1v) is 9.77. The molecule has 2 heterocycles. The number of benzene rings is 3. The summed E-state index contributed by atoms with van der Waals surface area (Å²) in [6.07, 6.45) is 0.583. The number of aromatic nitrogens is 3. The summed E-state index contributed by atoms with van der Waals surface area (Å²) in [5, 5.41) is 12.6. The summed E-state index contributed by atoms with van der Waals surface area (Å²) in [5.74, 6) is 1.60. The van der Waals surface area contributed by atoms with Gasteiger partial charge in [0.25, 0.3) is 5.89 Å². The number of aryl methyl sites for hydroxylation is 1. The molecule has 0 saturated carbocycles. The Hall–Kier alpha value is -3.99. The predicted molar refractivity (Wildman–Crippen MR) is 115 cm³/mol. The minimum atomic E-state index is 0.418. The molecule has 5 rings (SSSR count). The van der Waals surface area contributed by atoms with E-state index in [0.717, 1.165) is 22.3 Å². The second-order valence-corrected chi connectivity index (χ2v) is 7.08. The molecule has 0 saturated heterocycles. The minimum Gasteiger partial charge on any atom is -0.420 e. The van der Waals surface area contributed by atoms with Crippen molar-refractivity contribution in [1.82, 2.24) is 15.4 Å². The second kappa shape index (κ2) is 7.79. The smallest absolute Gasteiger partial charge is 0.253 e. The van der Waals surface area contributed by atoms with Gasteiger partial charge in [-0.2, -0.15) is 0 Å². The highest BCUT2D eigenvalue weighted by atomic mass is 16.5. The topological polar surface area (TPSA) is 65.0 Å². The van der Waals surface area contributed by atoms with E-state index in [4.69, 9.17) is 8.94 Å². The molecule has 0 spiro atoms. The SMILES string of the molecule is Cc1noc(-c2ccc(-c3ccccc3)cc2)c1-c1nnc(Cc2ccccc2)o1. The second-order valence-electron chi connectivity index (χ2n) is 7.08. The van der Waals surface area contributed by atoms with Gasteiger partial charge in [0.15, 0.2) is 5.76 Å². The van der Waals surface area contributed by atoms with E-state index < -0.39 is 0 Å². The van der Waals surface area contributed by atoms with Crippen molar-refractivity contribution in [3.8, 4) is 33.9 Å². The summed E-state index contributed by atoms with van der Waals surface area (Å²) in [6, 6.07) is 28.5. The van der Waals surface area contributed by atoms with Crippen LogP contribution in [0.25, 0.3) is 33.9 Å². The van der Waals surface area contributed by atoms with Crippen molar-refractivity contribution in [2.45, 2.75) is 13.3 Å². The molecule has 5 nitrogen and oxygen atoms in total. The summed E-state index contributed by atoms with van der Waals surface area (Å²) >= 11 is 0. The summed E-state index contributed by atoms with van der Waals surface area (Å²) in [6.45, 7) is 1.88. The lowest BCUT2D eigenvalue weighted by molar-refractivity contribution is 0.427. The third kappa shape index (κ3) is 3.53. The first kappa shape index (κ1) is 18.1. The van der Waals surface area contributed by atoms with Crippen molar-refractivity contribution in [3.05, 3.63) is 102 Å². The fourth-order valence-corrected chi connectivity index (χ4v) is 3.46. The fraction of sp³-hybridized carbons (Fsp3) is 0.0800. The van der Waals surface area contributed by atoms with Crippen LogP contribution in [-0.2, 0) is 6.42 Å². The first-order valence-electron chi connectivity index (χ1n) is 9.77. The third-order valence-electron chi connectivity index (χ3n) is 5.00. The van der Waals surface area contributed by atoms with Gasteiger partial charge >= 0.3 is 0 Å². The Morgan fingerprint density at radius 2 is 1.33 bits per heavy atom. The van der Waals surface area contributed by atoms with Crippen LogP contribution in [-0.4, -0.2) is 15.4 Å². The Balaban J connectivity index is 1.45. The molecule has 0 fully saturated rings. The van der Waals surface area contributed by atoms with Gasteiger partial charge in [0.1, 0.15) is 5.56 Å². The molecular formula is C25H19N3O2. The van der Waals surface area contributed by atoms with Crippen LogP contribution in [0.15, 0.2) is 93.9 Å². The fourth-order valence-electron chi connectivity index (χ4n) is 3.46. The monoisotopic (exact) mass is 393 g/mol. The standard InChI is InChI=1S/C25H19N3O2/c1-17-23(25-27-26-22(29-25)16-18-8-4-2-5-9-18)24(30-28-17)21-14-12-20(13-15-21)19-10-6-3-7-11-19/h2-15H,16H2,1H3. The van der Waals surface area contributed by atoms with Crippen LogP contribution in [0, 0.1) is 6.92 Å². The molecule has 0 radical (unpaired) electrons. The molecule has 0 aliphatic heterocycles. The highest BCUT2D eigenvalue weighted by molar-refractivity contribution is 5.78. The van der Waals surface area contributed by atoms with Crippen molar-refractivity contribution in [2.75, 3.05) is 0 Å². The van der Waals surface area contributed by atoms with E-state index in [9.17, 15) is 0 Å². The van der Waals surface area contributed by atoms with Gasteiger partial charge in [-0.15, -0.1) is 10.2 Å². The minimum absolute atomic E-state index is 0.418. The maximum absolute atomic E-state index is 5.95. The summed E-state index contributed by atoms with van der Waals surface area (Å²) in [5.41, 5.74) is 5.78. The van der Waals surface area contributed by atoms with E-state index >= 15 is 0 Å². The van der Waals surface area contributed by atoms with Crippen LogP contribution < -0.4 is 0 Å². The molecule has 3 aromatic carbocycles. The lowest BCUT2D eigenvalue weighted by Crippen LogP contribution is -1.87. The summed E-state index contributed by atoms with van der Waals surface area (Å²) in [4.78, 5) is 0. The Kier molecular flexibility index (Phi) is 4.69. The van der Waals surface area contributed by atoms with Gasteiger partial charge in [0.2, 0.25) is 5.89 Å². The van der Waals surface area contributed by atoms with E-state index in [1.165, 1.54) is 5.56 Å². The van der Waals surface area contributed by atoms with E-state index in [2.05, 4.69) is 39.6 Å². The van der Waals surface area contributed by atoms with Crippen LogP contribution in [0.3, 0.4) is 0 Å². The van der Waals surface area contributed by atoms with Crippen LogP contribution in [0.2, 0.25) is 0 Å². The summed E-state index contributed by atoms with van der Waals surface area (Å²) in [7, 11) is 0. The summed E-state index contributed by atoms with van der Waals surface area (Å²) < 4.78 is 11.6. The zero-order valence-corrected chi connectivity index (χ0v) is 16.4. The maximum Gasteiger partial charge on any atom is 0.253 e. The van der Waals surface area contributed by atoms with Gasteiger partial charge in [0.05, 0.1) is 12.1 Å².